The van der Waals surface area contributed by atoms with Crippen molar-refractivity contribution >= 4 is 11.9 Å². The van der Waals surface area contributed by atoms with Gasteiger partial charge < -0.3 is 10.4 Å². The van der Waals surface area contributed by atoms with Crippen molar-refractivity contribution in [2.45, 2.75) is 78.2 Å². The Morgan fingerprint density at radius 2 is 1.80 bits per heavy atom. The predicted octanol–water partition coefficient (Wildman–Crippen LogP) is 3.35. The van der Waals surface area contributed by atoms with Crippen molar-refractivity contribution in [1.82, 2.24) is 5.32 Å². The smallest absolute Gasteiger partial charge is 0.305 e. The van der Waals surface area contributed by atoms with Crippen LogP contribution in [-0.2, 0) is 9.59 Å². The van der Waals surface area contributed by atoms with E-state index in [1.165, 1.54) is 19.3 Å². The molecule has 20 heavy (non-hydrogen) atoms. The van der Waals surface area contributed by atoms with Gasteiger partial charge in [-0.1, -0.05) is 40.0 Å². The average molecular weight is 283 g/mol. The van der Waals surface area contributed by atoms with E-state index < -0.39 is 5.97 Å². The molecule has 0 heterocycles. The Morgan fingerprint density at radius 1 is 1.20 bits per heavy atom. The predicted molar refractivity (Wildman–Crippen MR) is 79.4 cm³/mol. The summed E-state index contributed by atoms with van der Waals surface area (Å²) in [4.78, 5) is 23.0. The number of rotatable bonds is 6. The Balaban J connectivity index is 2.45. The molecule has 0 saturated heterocycles. The molecule has 2 N–H and O–H groups in total. The van der Waals surface area contributed by atoms with Crippen molar-refractivity contribution < 1.29 is 14.7 Å². The van der Waals surface area contributed by atoms with E-state index in [2.05, 4.69) is 26.1 Å². The SMILES string of the molecule is CC(C)(C)CC(CC(=O)O)NC(=O)CC1CCCCC1. The molecule has 116 valence electrons. The third kappa shape index (κ3) is 7.51. The number of carboxylic acids is 1. The van der Waals surface area contributed by atoms with E-state index in [0.717, 1.165) is 12.8 Å². The minimum absolute atomic E-state index is 0.00762. The minimum Gasteiger partial charge on any atom is -0.481 e. The third-order valence-electron chi connectivity index (χ3n) is 3.84. The monoisotopic (exact) mass is 283 g/mol. The minimum atomic E-state index is -0.850. The first-order valence-corrected chi connectivity index (χ1v) is 7.77. The van der Waals surface area contributed by atoms with Crippen LogP contribution in [0.4, 0.5) is 0 Å². The first-order chi connectivity index (χ1) is 9.26. The van der Waals surface area contributed by atoms with E-state index in [0.29, 0.717) is 18.8 Å². The molecule has 1 atom stereocenters. The quantitative estimate of drug-likeness (QED) is 0.785. The molecule has 1 unspecified atom stereocenters. The van der Waals surface area contributed by atoms with Gasteiger partial charge in [0.15, 0.2) is 0 Å². The highest BCUT2D eigenvalue weighted by atomic mass is 16.4. The fourth-order valence-electron chi connectivity index (χ4n) is 3.06. The van der Waals surface area contributed by atoms with Crippen LogP contribution < -0.4 is 5.32 Å². The molecule has 1 rings (SSSR count). The molecule has 0 aromatic rings. The molecule has 0 bridgehead atoms. The van der Waals surface area contributed by atoms with E-state index in [1.807, 2.05) is 0 Å². The Morgan fingerprint density at radius 3 is 2.30 bits per heavy atom. The summed E-state index contributed by atoms with van der Waals surface area (Å²) in [6.07, 6.45) is 7.25. The Bertz CT molecular complexity index is 327. The summed E-state index contributed by atoms with van der Waals surface area (Å²) in [5, 5.41) is 11.9. The molecule has 0 spiro atoms. The summed E-state index contributed by atoms with van der Waals surface area (Å²) in [6.45, 7) is 6.19. The molecule has 1 amide bonds. The van der Waals surface area contributed by atoms with Gasteiger partial charge in [-0.3, -0.25) is 9.59 Å². The van der Waals surface area contributed by atoms with Gasteiger partial charge >= 0.3 is 5.97 Å². The number of nitrogens with one attached hydrogen (secondary N) is 1. The lowest BCUT2D eigenvalue weighted by atomic mass is 9.85. The second-order valence-corrected chi connectivity index (χ2v) is 7.34. The van der Waals surface area contributed by atoms with Crippen molar-refractivity contribution in [3.63, 3.8) is 0 Å². The van der Waals surface area contributed by atoms with Crippen LogP contribution in [0.3, 0.4) is 0 Å². The molecule has 0 radical (unpaired) electrons. The Labute approximate surface area is 122 Å². The summed E-state index contributed by atoms with van der Waals surface area (Å²) in [5.41, 5.74) is 0.0121. The van der Waals surface area contributed by atoms with E-state index in [1.54, 1.807) is 0 Å². The molecule has 1 fully saturated rings. The number of carbonyl (C=O) groups is 2. The van der Waals surface area contributed by atoms with Crippen LogP contribution in [0.15, 0.2) is 0 Å². The summed E-state index contributed by atoms with van der Waals surface area (Å²) in [6, 6.07) is -0.261. The normalized spacial score (nSPS) is 18.6. The van der Waals surface area contributed by atoms with Crippen molar-refractivity contribution in [1.29, 1.82) is 0 Å². The van der Waals surface area contributed by atoms with Crippen molar-refractivity contribution in [3.05, 3.63) is 0 Å². The molecule has 1 aliphatic carbocycles. The standard InChI is InChI=1S/C16H29NO3/c1-16(2,3)11-13(10-15(19)20)17-14(18)9-12-7-5-4-6-8-12/h12-13H,4-11H2,1-3H3,(H,17,18)(H,19,20). The average Bonchev–Trinajstić information content (AvgIpc) is 2.26. The number of carboxylic acid groups (broad SMARTS) is 1. The highest BCUT2D eigenvalue weighted by molar-refractivity contribution is 5.77. The summed E-state index contributed by atoms with van der Waals surface area (Å²) < 4.78 is 0. The van der Waals surface area contributed by atoms with Gasteiger partial charge in [0.05, 0.1) is 6.42 Å². The summed E-state index contributed by atoms with van der Waals surface area (Å²) in [7, 11) is 0. The molecule has 4 nitrogen and oxygen atoms in total. The molecule has 1 saturated carbocycles. The molecule has 1 aliphatic rings. The maximum atomic E-state index is 12.1. The maximum absolute atomic E-state index is 12.1. The Hall–Kier alpha value is -1.06. The highest BCUT2D eigenvalue weighted by Gasteiger charge is 2.24. The van der Waals surface area contributed by atoms with Crippen LogP contribution in [0.25, 0.3) is 0 Å². The first kappa shape index (κ1) is 17.0. The Kier molecular flexibility index (Phi) is 6.50. The summed E-state index contributed by atoms with van der Waals surface area (Å²) >= 11 is 0. The van der Waals surface area contributed by atoms with Gasteiger partial charge in [-0.15, -0.1) is 0 Å². The third-order valence-corrected chi connectivity index (χ3v) is 3.84. The highest BCUT2D eigenvalue weighted by Crippen LogP contribution is 2.27. The van der Waals surface area contributed by atoms with Crippen LogP contribution in [0.2, 0.25) is 0 Å². The van der Waals surface area contributed by atoms with Gasteiger partial charge in [-0.2, -0.15) is 0 Å². The van der Waals surface area contributed by atoms with Crippen molar-refractivity contribution in [2.24, 2.45) is 11.3 Å². The molecule has 0 aromatic heterocycles. The van der Waals surface area contributed by atoms with E-state index in [9.17, 15) is 9.59 Å². The number of amides is 1. The summed E-state index contributed by atoms with van der Waals surface area (Å²) in [5.74, 6) is -0.339. The lowest BCUT2D eigenvalue weighted by Crippen LogP contribution is -2.39. The number of aliphatic carboxylic acids is 1. The zero-order chi connectivity index (χ0) is 15.2. The van der Waals surface area contributed by atoms with Gasteiger partial charge in [-0.25, -0.2) is 0 Å². The number of carbonyl (C=O) groups excluding carboxylic acids is 1. The molecular formula is C16H29NO3. The van der Waals surface area contributed by atoms with Crippen LogP contribution in [0.5, 0.6) is 0 Å². The van der Waals surface area contributed by atoms with Crippen LogP contribution >= 0.6 is 0 Å². The van der Waals surface area contributed by atoms with Gasteiger partial charge in [0.2, 0.25) is 5.91 Å². The second kappa shape index (κ2) is 7.65. The van der Waals surface area contributed by atoms with Gasteiger partial charge in [-0.05, 0) is 30.6 Å². The van der Waals surface area contributed by atoms with Crippen LogP contribution in [0, 0.1) is 11.3 Å². The van der Waals surface area contributed by atoms with Gasteiger partial charge in [0, 0.05) is 12.5 Å². The molecular weight excluding hydrogens is 254 g/mol. The van der Waals surface area contributed by atoms with E-state index >= 15 is 0 Å². The zero-order valence-corrected chi connectivity index (χ0v) is 13.1. The van der Waals surface area contributed by atoms with E-state index in [-0.39, 0.29) is 23.8 Å². The number of hydrogen-bond acceptors (Lipinski definition) is 2. The van der Waals surface area contributed by atoms with Crippen molar-refractivity contribution in [2.75, 3.05) is 0 Å². The lowest BCUT2D eigenvalue weighted by Gasteiger charge is -2.27. The lowest BCUT2D eigenvalue weighted by molar-refractivity contribution is -0.138. The van der Waals surface area contributed by atoms with Crippen LogP contribution in [-0.4, -0.2) is 23.0 Å². The molecule has 0 aliphatic heterocycles. The fourth-order valence-corrected chi connectivity index (χ4v) is 3.06. The van der Waals surface area contributed by atoms with E-state index in [4.69, 9.17) is 5.11 Å². The van der Waals surface area contributed by atoms with Crippen LogP contribution in [0.1, 0.15) is 72.1 Å². The zero-order valence-electron chi connectivity index (χ0n) is 13.1. The first-order valence-electron chi connectivity index (χ1n) is 7.77. The largest absolute Gasteiger partial charge is 0.481 e. The topological polar surface area (TPSA) is 66.4 Å². The maximum Gasteiger partial charge on any atom is 0.305 e. The molecule has 0 aromatic carbocycles. The fraction of sp³-hybridized carbons (Fsp3) is 0.875. The molecule has 4 heteroatoms. The van der Waals surface area contributed by atoms with Gasteiger partial charge in [0.25, 0.3) is 0 Å². The van der Waals surface area contributed by atoms with Crippen molar-refractivity contribution in [3.8, 4) is 0 Å². The van der Waals surface area contributed by atoms with Gasteiger partial charge in [0.1, 0.15) is 0 Å². The number of hydrogen-bond donors (Lipinski definition) is 2. The second-order valence-electron chi connectivity index (χ2n) is 7.34.